The average molecular weight is 392 g/mol. The minimum atomic E-state index is 0.138. The Morgan fingerprint density at radius 2 is 2.00 bits per heavy atom. The Morgan fingerprint density at radius 1 is 1.14 bits per heavy atom. The molecule has 6 heteroatoms. The van der Waals surface area contributed by atoms with E-state index in [1.54, 1.807) is 13.3 Å². The van der Waals surface area contributed by atoms with E-state index in [0.29, 0.717) is 44.0 Å². The third-order valence-electron chi connectivity index (χ3n) is 5.15. The number of carbonyl (C=O) groups is 1. The Kier molecular flexibility index (Phi) is 5.79. The Hall–Kier alpha value is -3.28. The summed E-state index contributed by atoms with van der Waals surface area (Å²) < 4.78 is 16.6. The van der Waals surface area contributed by atoms with E-state index in [1.165, 1.54) is 0 Å². The van der Waals surface area contributed by atoms with E-state index in [2.05, 4.69) is 5.16 Å². The molecule has 6 nitrogen and oxygen atoms in total. The number of carbonyl (C=O) groups excluding carboxylic acids is 1. The van der Waals surface area contributed by atoms with Gasteiger partial charge in [0.1, 0.15) is 12.4 Å². The first kappa shape index (κ1) is 19.1. The zero-order valence-corrected chi connectivity index (χ0v) is 16.5. The molecule has 0 saturated carbocycles. The summed E-state index contributed by atoms with van der Waals surface area (Å²) in [4.78, 5) is 14.5. The van der Waals surface area contributed by atoms with Gasteiger partial charge in [-0.05, 0) is 29.7 Å². The Morgan fingerprint density at radius 3 is 2.83 bits per heavy atom. The van der Waals surface area contributed by atoms with Crippen LogP contribution in [0.15, 0.2) is 59.3 Å². The van der Waals surface area contributed by atoms with E-state index < -0.39 is 0 Å². The van der Waals surface area contributed by atoms with Gasteiger partial charge in [0.15, 0.2) is 11.5 Å². The molecule has 1 amide bonds. The number of aromatic nitrogens is 1. The Bertz CT molecular complexity index is 968. The van der Waals surface area contributed by atoms with Crippen LogP contribution in [0.4, 0.5) is 0 Å². The van der Waals surface area contributed by atoms with Crippen molar-refractivity contribution in [3.63, 3.8) is 0 Å². The molecule has 0 N–H and O–H groups in total. The maximum atomic E-state index is 12.6. The molecule has 1 aliphatic heterocycles. The molecule has 0 atom stereocenters. The smallest absolute Gasteiger partial charge is 0.223 e. The fourth-order valence-electron chi connectivity index (χ4n) is 3.49. The number of aryl methyl sites for hydroxylation is 1. The van der Waals surface area contributed by atoms with Gasteiger partial charge >= 0.3 is 0 Å². The standard InChI is InChI=1S/C23H24N2O4/c1-27-21-9-7-17(13-22(21)28-16-18-5-3-2-4-6-18)8-10-23(26)25-12-11-20-19(15-25)14-24-29-20/h2-7,9,13-14H,8,10-12,15-16H2,1H3. The van der Waals surface area contributed by atoms with Crippen LogP contribution in [0.3, 0.4) is 0 Å². The maximum Gasteiger partial charge on any atom is 0.223 e. The summed E-state index contributed by atoms with van der Waals surface area (Å²) in [7, 11) is 1.63. The van der Waals surface area contributed by atoms with Crippen LogP contribution in [0.25, 0.3) is 0 Å². The van der Waals surface area contributed by atoms with Gasteiger partial charge in [0, 0.05) is 24.9 Å². The maximum absolute atomic E-state index is 12.6. The van der Waals surface area contributed by atoms with Crippen LogP contribution in [0.2, 0.25) is 0 Å². The topological polar surface area (TPSA) is 64.8 Å². The molecule has 0 fully saturated rings. The molecule has 1 aromatic heterocycles. The van der Waals surface area contributed by atoms with Gasteiger partial charge in [0.25, 0.3) is 0 Å². The van der Waals surface area contributed by atoms with Crippen LogP contribution in [-0.2, 0) is 30.8 Å². The quantitative estimate of drug-likeness (QED) is 0.612. The van der Waals surface area contributed by atoms with Gasteiger partial charge in [-0.25, -0.2) is 0 Å². The van der Waals surface area contributed by atoms with Crippen LogP contribution >= 0.6 is 0 Å². The summed E-state index contributed by atoms with van der Waals surface area (Å²) in [6, 6.07) is 15.8. The largest absolute Gasteiger partial charge is 0.493 e. The van der Waals surface area contributed by atoms with Gasteiger partial charge in [-0.3, -0.25) is 4.79 Å². The normalized spacial score (nSPS) is 13.1. The summed E-state index contributed by atoms with van der Waals surface area (Å²) in [6.45, 7) is 1.72. The molecule has 1 aliphatic rings. The van der Waals surface area contributed by atoms with E-state index in [0.717, 1.165) is 28.9 Å². The fourth-order valence-corrected chi connectivity index (χ4v) is 3.49. The number of nitrogens with zero attached hydrogens (tertiary/aromatic N) is 2. The van der Waals surface area contributed by atoms with Crippen molar-refractivity contribution >= 4 is 5.91 Å². The molecule has 3 aromatic rings. The molecular weight excluding hydrogens is 368 g/mol. The Labute approximate surface area is 170 Å². The molecule has 0 aliphatic carbocycles. The highest BCUT2D eigenvalue weighted by Crippen LogP contribution is 2.29. The van der Waals surface area contributed by atoms with Crippen molar-refractivity contribution in [2.75, 3.05) is 13.7 Å². The van der Waals surface area contributed by atoms with Crippen LogP contribution in [0.5, 0.6) is 11.5 Å². The van der Waals surface area contributed by atoms with Crippen LogP contribution in [0.1, 0.15) is 28.9 Å². The third kappa shape index (κ3) is 4.59. The van der Waals surface area contributed by atoms with Gasteiger partial charge in [0.2, 0.25) is 5.91 Å². The van der Waals surface area contributed by atoms with Crippen LogP contribution < -0.4 is 9.47 Å². The van der Waals surface area contributed by atoms with E-state index in [9.17, 15) is 4.79 Å². The van der Waals surface area contributed by atoms with Gasteiger partial charge in [-0.1, -0.05) is 41.6 Å². The van der Waals surface area contributed by atoms with Crippen molar-refractivity contribution in [2.24, 2.45) is 0 Å². The summed E-state index contributed by atoms with van der Waals surface area (Å²) in [5, 5.41) is 3.82. The molecule has 29 heavy (non-hydrogen) atoms. The number of methoxy groups -OCH3 is 1. The van der Waals surface area contributed by atoms with Gasteiger partial charge in [0.05, 0.1) is 19.9 Å². The van der Waals surface area contributed by atoms with E-state index in [-0.39, 0.29) is 5.91 Å². The van der Waals surface area contributed by atoms with Crippen molar-refractivity contribution in [1.29, 1.82) is 0 Å². The number of rotatable bonds is 7. The second-order valence-corrected chi connectivity index (χ2v) is 7.10. The molecule has 150 valence electrons. The van der Waals surface area contributed by atoms with Gasteiger partial charge < -0.3 is 18.9 Å². The zero-order chi connectivity index (χ0) is 20.1. The lowest BCUT2D eigenvalue weighted by Gasteiger charge is -2.25. The van der Waals surface area contributed by atoms with Crippen molar-refractivity contribution < 1.29 is 18.8 Å². The molecule has 0 spiro atoms. The minimum absolute atomic E-state index is 0.138. The Balaban J connectivity index is 1.36. The van der Waals surface area contributed by atoms with Gasteiger partial charge in [-0.15, -0.1) is 0 Å². The van der Waals surface area contributed by atoms with E-state index >= 15 is 0 Å². The lowest BCUT2D eigenvalue weighted by atomic mass is 10.1. The molecule has 4 rings (SSSR count). The SMILES string of the molecule is COc1ccc(CCC(=O)N2CCc3oncc3C2)cc1OCc1ccccc1. The summed E-state index contributed by atoms with van der Waals surface area (Å²) in [5.41, 5.74) is 3.14. The highest BCUT2D eigenvalue weighted by atomic mass is 16.5. The first-order valence-electron chi connectivity index (χ1n) is 9.77. The highest BCUT2D eigenvalue weighted by Gasteiger charge is 2.23. The number of benzene rings is 2. The molecular formula is C23H24N2O4. The first-order valence-corrected chi connectivity index (χ1v) is 9.77. The third-order valence-corrected chi connectivity index (χ3v) is 5.15. The molecule has 0 bridgehead atoms. The second-order valence-electron chi connectivity index (χ2n) is 7.10. The second kappa shape index (κ2) is 8.82. The predicted molar refractivity (Wildman–Crippen MR) is 108 cm³/mol. The molecule has 0 saturated heterocycles. The summed E-state index contributed by atoms with van der Waals surface area (Å²) in [6.07, 6.45) is 3.53. The lowest BCUT2D eigenvalue weighted by Crippen LogP contribution is -2.35. The number of hydrogen-bond acceptors (Lipinski definition) is 5. The number of fused-ring (bicyclic) bond motifs is 1. The predicted octanol–water partition coefficient (Wildman–Crippen LogP) is 3.78. The number of hydrogen-bond donors (Lipinski definition) is 0. The van der Waals surface area contributed by atoms with Crippen molar-refractivity contribution in [3.8, 4) is 11.5 Å². The first-order chi connectivity index (χ1) is 14.2. The zero-order valence-electron chi connectivity index (χ0n) is 16.5. The number of amides is 1. The summed E-state index contributed by atoms with van der Waals surface area (Å²) >= 11 is 0. The minimum Gasteiger partial charge on any atom is -0.493 e. The molecule has 0 unspecified atom stereocenters. The van der Waals surface area contributed by atoms with E-state index in [1.807, 2.05) is 53.4 Å². The molecule has 0 radical (unpaired) electrons. The van der Waals surface area contributed by atoms with Gasteiger partial charge in [-0.2, -0.15) is 0 Å². The van der Waals surface area contributed by atoms with E-state index in [4.69, 9.17) is 14.0 Å². The average Bonchev–Trinajstić information content (AvgIpc) is 3.24. The fraction of sp³-hybridized carbons (Fsp3) is 0.304. The van der Waals surface area contributed by atoms with Crippen LogP contribution in [0, 0.1) is 0 Å². The molecule has 2 aromatic carbocycles. The van der Waals surface area contributed by atoms with Crippen molar-refractivity contribution in [3.05, 3.63) is 77.2 Å². The van der Waals surface area contributed by atoms with Crippen LogP contribution in [-0.4, -0.2) is 29.6 Å². The molecule has 2 heterocycles. The highest BCUT2D eigenvalue weighted by molar-refractivity contribution is 5.76. The van der Waals surface area contributed by atoms with Crippen molar-refractivity contribution in [2.45, 2.75) is 32.4 Å². The van der Waals surface area contributed by atoms with Crippen molar-refractivity contribution in [1.82, 2.24) is 10.1 Å². The lowest BCUT2D eigenvalue weighted by molar-refractivity contribution is -0.132. The summed E-state index contributed by atoms with van der Waals surface area (Å²) in [5.74, 6) is 2.41. The number of ether oxygens (including phenoxy) is 2. The monoisotopic (exact) mass is 392 g/mol.